The van der Waals surface area contributed by atoms with Crippen molar-refractivity contribution in [2.24, 2.45) is 4.99 Å². The second-order valence-electron chi connectivity index (χ2n) is 5.89. The summed E-state index contributed by atoms with van der Waals surface area (Å²) in [7, 11) is 0. The third-order valence-corrected chi connectivity index (χ3v) is 4.84. The molecule has 0 spiro atoms. The Balaban J connectivity index is 0.00000420. The van der Waals surface area contributed by atoms with Crippen molar-refractivity contribution in [1.29, 1.82) is 0 Å². The predicted molar refractivity (Wildman–Crippen MR) is 123 cm³/mol. The average Bonchev–Trinajstić information content (AvgIpc) is 2.97. The molecule has 0 saturated carbocycles. The molecule has 0 aliphatic carbocycles. The Morgan fingerprint density at radius 2 is 1.97 bits per heavy atom. The largest absolute Gasteiger partial charge is 0.490 e. The summed E-state index contributed by atoms with van der Waals surface area (Å²) in [6, 6.07) is 4.84. The van der Waals surface area contributed by atoms with Gasteiger partial charge in [-0.15, -0.1) is 35.3 Å². The van der Waals surface area contributed by atoms with Crippen LogP contribution < -0.4 is 20.1 Å². The molecule has 0 atom stereocenters. The van der Waals surface area contributed by atoms with Crippen LogP contribution in [-0.4, -0.2) is 30.7 Å². The number of rotatable bonds is 9. The summed E-state index contributed by atoms with van der Waals surface area (Å²) in [5, 5.41) is 7.43. The van der Waals surface area contributed by atoms with Crippen molar-refractivity contribution in [2.75, 3.05) is 13.2 Å². The van der Waals surface area contributed by atoms with E-state index in [-0.39, 0.29) is 35.5 Å². The molecule has 0 amide bonds. The molecule has 0 aliphatic rings. The fourth-order valence-corrected chi connectivity index (χ4v) is 3.27. The number of nitrogens with zero attached hydrogens (tertiary/aromatic N) is 2. The van der Waals surface area contributed by atoms with Gasteiger partial charge < -0.3 is 20.1 Å². The van der Waals surface area contributed by atoms with Crippen LogP contribution in [0.2, 0.25) is 0 Å². The molecule has 29 heavy (non-hydrogen) atoms. The van der Waals surface area contributed by atoms with Gasteiger partial charge in [0, 0.05) is 11.4 Å². The predicted octanol–water partition coefficient (Wildman–Crippen LogP) is 4.63. The molecular weight excluding hydrogens is 513 g/mol. The molecule has 10 heteroatoms. The van der Waals surface area contributed by atoms with Crippen molar-refractivity contribution in [3.63, 3.8) is 0 Å². The Labute approximate surface area is 191 Å². The molecule has 2 N–H and O–H groups in total. The molecule has 0 aliphatic heterocycles. The molecule has 0 radical (unpaired) electrons. The third kappa shape index (κ3) is 8.29. The van der Waals surface area contributed by atoms with E-state index in [1.165, 1.54) is 10.9 Å². The van der Waals surface area contributed by atoms with Crippen molar-refractivity contribution in [3.8, 4) is 11.5 Å². The van der Waals surface area contributed by atoms with Crippen LogP contribution in [0, 0.1) is 13.8 Å². The van der Waals surface area contributed by atoms with Crippen LogP contribution in [0.5, 0.6) is 11.5 Å². The molecule has 0 unspecified atom stereocenters. The van der Waals surface area contributed by atoms with Crippen LogP contribution in [0.3, 0.4) is 0 Å². The lowest BCUT2D eigenvalue weighted by Crippen LogP contribution is -2.36. The van der Waals surface area contributed by atoms with Crippen LogP contribution in [0.25, 0.3) is 0 Å². The van der Waals surface area contributed by atoms with E-state index < -0.39 is 6.61 Å². The zero-order chi connectivity index (χ0) is 20.5. The lowest BCUT2D eigenvalue weighted by molar-refractivity contribution is -0.0514. The Hall–Kier alpha value is -1.69. The first kappa shape index (κ1) is 25.3. The Morgan fingerprint density at radius 1 is 1.21 bits per heavy atom. The number of thiazole rings is 1. The molecular formula is C19H27F2IN4O2S. The van der Waals surface area contributed by atoms with E-state index in [2.05, 4.69) is 25.3 Å². The number of ether oxygens (including phenoxy) is 2. The highest BCUT2D eigenvalue weighted by atomic mass is 127. The van der Waals surface area contributed by atoms with Gasteiger partial charge in [-0.2, -0.15) is 8.78 Å². The monoisotopic (exact) mass is 540 g/mol. The number of guanidine groups is 1. The van der Waals surface area contributed by atoms with E-state index in [9.17, 15) is 8.78 Å². The van der Waals surface area contributed by atoms with Crippen LogP contribution in [-0.2, 0) is 13.1 Å². The normalized spacial score (nSPS) is 11.2. The van der Waals surface area contributed by atoms with Gasteiger partial charge in [-0.05, 0) is 45.4 Å². The van der Waals surface area contributed by atoms with Gasteiger partial charge in [0.15, 0.2) is 17.5 Å². The molecule has 2 rings (SSSR count). The van der Waals surface area contributed by atoms with E-state index in [1.807, 2.05) is 20.8 Å². The van der Waals surface area contributed by atoms with Gasteiger partial charge >= 0.3 is 6.61 Å². The number of hydrogen-bond donors (Lipinski definition) is 2. The fraction of sp³-hybridized carbons (Fsp3) is 0.474. The number of alkyl halides is 2. The molecule has 0 fully saturated rings. The van der Waals surface area contributed by atoms with E-state index in [0.717, 1.165) is 16.3 Å². The SMILES string of the molecule is CCNC(=NCc1ccc(OC(F)F)c(OCC)c1)NCc1nc(C)c(C)s1.I. The molecule has 0 bridgehead atoms. The van der Waals surface area contributed by atoms with Crippen LogP contribution in [0.15, 0.2) is 23.2 Å². The van der Waals surface area contributed by atoms with Gasteiger partial charge in [0.25, 0.3) is 0 Å². The lowest BCUT2D eigenvalue weighted by Gasteiger charge is -2.13. The standard InChI is InChI=1S/C19H26F2N4O2S.HI/c1-5-22-19(24-11-17-25-12(3)13(4)28-17)23-10-14-7-8-15(27-18(20)21)16(9-14)26-6-2;/h7-9,18H,5-6,10-11H2,1-4H3,(H2,22,23,24);1H. The van der Waals surface area contributed by atoms with Crippen LogP contribution in [0.4, 0.5) is 8.78 Å². The van der Waals surface area contributed by atoms with E-state index in [0.29, 0.717) is 32.2 Å². The quantitative estimate of drug-likeness (QED) is 0.276. The van der Waals surface area contributed by atoms with Gasteiger partial charge in [0.2, 0.25) is 0 Å². The smallest absolute Gasteiger partial charge is 0.387 e. The number of nitrogens with one attached hydrogen (secondary N) is 2. The second-order valence-corrected chi connectivity index (χ2v) is 7.18. The van der Waals surface area contributed by atoms with Crippen molar-refractivity contribution >= 4 is 41.3 Å². The third-order valence-electron chi connectivity index (χ3n) is 3.77. The second kappa shape index (κ2) is 12.8. The zero-order valence-corrected chi connectivity index (χ0v) is 20.1. The summed E-state index contributed by atoms with van der Waals surface area (Å²) in [5.74, 6) is 0.949. The Morgan fingerprint density at radius 3 is 2.55 bits per heavy atom. The summed E-state index contributed by atoms with van der Waals surface area (Å²) < 4.78 is 34.9. The molecule has 1 aromatic carbocycles. The van der Waals surface area contributed by atoms with Gasteiger partial charge in [-0.1, -0.05) is 6.07 Å². The maximum absolute atomic E-state index is 12.5. The van der Waals surface area contributed by atoms with E-state index in [4.69, 9.17) is 4.74 Å². The van der Waals surface area contributed by atoms with Crippen LogP contribution >= 0.6 is 35.3 Å². The number of aromatic nitrogens is 1. The van der Waals surface area contributed by atoms with Crippen molar-refractivity contribution in [3.05, 3.63) is 39.3 Å². The van der Waals surface area contributed by atoms with Crippen molar-refractivity contribution in [2.45, 2.75) is 47.4 Å². The molecule has 1 aromatic heterocycles. The average molecular weight is 540 g/mol. The van der Waals surface area contributed by atoms with Gasteiger partial charge in [0.05, 0.1) is 25.4 Å². The first-order valence-electron chi connectivity index (χ1n) is 9.08. The summed E-state index contributed by atoms with van der Waals surface area (Å²) in [5.41, 5.74) is 1.86. The summed E-state index contributed by atoms with van der Waals surface area (Å²) in [6.45, 7) is 6.92. The topological polar surface area (TPSA) is 67.8 Å². The van der Waals surface area contributed by atoms with Gasteiger partial charge in [0.1, 0.15) is 5.01 Å². The van der Waals surface area contributed by atoms with Crippen LogP contribution in [0.1, 0.15) is 35.0 Å². The maximum atomic E-state index is 12.5. The Kier molecular flexibility index (Phi) is 11.2. The molecule has 6 nitrogen and oxygen atoms in total. The molecule has 1 heterocycles. The highest BCUT2D eigenvalue weighted by molar-refractivity contribution is 14.0. The summed E-state index contributed by atoms with van der Waals surface area (Å²) in [4.78, 5) is 10.3. The number of hydrogen-bond acceptors (Lipinski definition) is 5. The van der Waals surface area contributed by atoms with Gasteiger partial charge in [-0.25, -0.2) is 9.98 Å². The van der Waals surface area contributed by atoms with Gasteiger partial charge in [-0.3, -0.25) is 0 Å². The maximum Gasteiger partial charge on any atom is 0.387 e. The first-order chi connectivity index (χ1) is 13.4. The minimum Gasteiger partial charge on any atom is -0.490 e. The zero-order valence-electron chi connectivity index (χ0n) is 16.9. The van der Waals surface area contributed by atoms with Crippen molar-refractivity contribution < 1.29 is 18.3 Å². The van der Waals surface area contributed by atoms with E-state index >= 15 is 0 Å². The van der Waals surface area contributed by atoms with Crippen molar-refractivity contribution in [1.82, 2.24) is 15.6 Å². The molecule has 2 aromatic rings. The number of aliphatic imine (C=N–C) groups is 1. The summed E-state index contributed by atoms with van der Waals surface area (Å²) in [6.07, 6.45) is 0. The minimum atomic E-state index is -2.90. The number of benzene rings is 1. The number of halogens is 3. The molecule has 162 valence electrons. The highest BCUT2D eigenvalue weighted by Crippen LogP contribution is 2.30. The van der Waals surface area contributed by atoms with E-state index in [1.54, 1.807) is 30.4 Å². The Bertz CT molecular complexity index is 783. The lowest BCUT2D eigenvalue weighted by atomic mass is 10.2. The summed E-state index contributed by atoms with van der Waals surface area (Å²) >= 11 is 1.65. The minimum absolute atomic E-state index is 0. The highest BCUT2D eigenvalue weighted by Gasteiger charge is 2.12. The first-order valence-corrected chi connectivity index (χ1v) is 9.90. The fourth-order valence-electron chi connectivity index (χ4n) is 2.40. The molecule has 0 saturated heterocycles. The number of aryl methyl sites for hydroxylation is 2.